The van der Waals surface area contributed by atoms with Crippen molar-refractivity contribution in [2.75, 3.05) is 26.7 Å². The Morgan fingerprint density at radius 3 is 2.86 bits per heavy atom. The fourth-order valence-electron chi connectivity index (χ4n) is 2.28. The number of aromatic nitrogens is 2. The average Bonchev–Trinajstić information content (AvgIpc) is 2.88. The van der Waals surface area contributed by atoms with Crippen LogP contribution in [0.5, 0.6) is 0 Å². The minimum absolute atomic E-state index is 0.150. The van der Waals surface area contributed by atoms with E-state index in [0.717, 1.165) is 5.69 Å². The molecule has 8 heteroatoms. The summed E-state index contributed by atoms with van der Waals surface area (Å²) >= 11 is 0. The molecule has 114 valence electrons. The number of carbonyl (C=O) groups excluding carboxylic acids is 1. The molecule has 1 aliphatic rings. The molecule has 0 aliphatic carbocycles. The normalized spacial score (nSPS) is 13.7. The number of fused-ring (bicyclic) bond motifs is 1. The van der Waals surface area contributed by atoms with Crippen LogP contribution in [0.2, 0.25) is 0 Å². The Labute approximate surface area is 121 Å². The average molecular weight is 294 g/mol. The lowest BCUT2D eigenvalue weighted by Crippen LogP contribution is -2.36. The quantitative estimate of drug-likeness (QED) is 0.681. The van der Waals surface area contributed by atoms with Gasteiger partial charge in [0.15, 0.2) is 0 Å². The van der Waals surface area contributed by atoms with Gasteiger partial charge in [-0.2, -0.15) is 5.10 Å². The van der Waals surface area contributed by atoms with Gasteiger partial charge in [0.2, 0.25) is 0 Å². The maximum absolute atomic E-state index is 12.4. The van der Waals surface area contributed by atoms with Crippen LogP contribution in [-0.4, -0.2) is 69.0 Å². The molecule has 1 aromatic rings. The van der Waals surface area contributed by atoms with Crippen LogP contribution in [0.15, 0.2) is 12.2 Å². The number of carbonyl (C=O) groups is 2. The molecule has 0 fully saturated rings. The SMILES string of the molecule is C=C(CO)CN(C)C(=O)c1[nH]nc2c1CN(C(=O)O)CC2. The van der Waals surface area contributed by atoms with Gasteiger partial charge in [0.1, 0.15) is 5.69 Å². The molecule has 2 amide bonds. The molecule has 0 unspecified atom stereocenters. The molecule has 0 saturated carbocycles. The molecule has 0 saturated heterocycles. The van der Waals surface area contributed by atoms with E-state index in [4.69, 9.17) is 10.2 Å². The first-order valence-corrected chi connectivity index (χ1v) is 6.51. The molecule has 2 heterocycles. The lowest BCUT2D eigenvalue weighted by molar-refractivity contribution is 0.0794. The van der Waals surface area contributed by atoms with E-state index < -0.39 is 6.09 Å². The number of carboxylic acid groups (broad SMARTS) is 1. The van der Waals surface area contributed by atoms with Crippen LogP contribution in [0.1, 0.15) is 21.7 Å². The molecular formula is C13H18N4O4. The molecular weight excluding hydrogens is 276 g/mol. The van der Waals surface area contributed by atoms with Crippen molar-refractivity contribution in [3.8, 4) is 0 Å². The van der Waals surface area contributed by atoms with Crippen molar-refractivity contribution < 1.29 is 19.8 Å². The van der Waals surface area contributed by atoms with Gasteiger partial charge in [-0.25, -0.2) is 4.79 Å². The fraction of sp³-hybridized carbons (Fsp3) is 0.462. The highest BCUT2D eigenvalue weighted by molar-refractivity contribution is 5.94. The Balaban J connectivity index is 2.18. The van der Waals surface area contributed by atoms with Gasteiger partial charge in [0, 0.05) is 32.1 Å². The smallest absolute Gasteiger partial charge is 0.407 e. The number of hydrogen-bond acceptors (Lipinski definition) is 4. The van der Waals surface area contributed by atoms with E-state index in [-0.39, 0.29) is 25.6 Å². The molecule has 0 aromatic carbocycles. The molecule has 21 heavy (non-hydrogen) atoms. The number of nitrogens with one attached hydrogen (secondary N) is 1. The maximum atomic E-state index is 12.4. The topological polar surface area (TPSA) is 110 Å². The van der Waals surface area contributed by atoms with Crippen molar-refractivity contribution in [2.45, 2.75) is 13.0 Å². The van der Waals surface area contributed by atoms with Gasteiger partial charge in [-0.05, 0) is 5.57 Å². The Kier molecular flexibility index (Phi) is 4.27. The summed E-state index contributed by atoms with van der Waals surface area (Å²) in [5.74, 6) is -0.300. The summed E-state index contributed by atoms with van der Waals surface area (Å²) in [7, 11) is 1.59. The van der Waals surface area contributed by atoms with E-state index in [1.165, 1.54) is 9.80 Å². The third-order valence-electron chi connectivity index (χ3n) is 3.44. The fourth-order valence-corrected chi connectivity index (χ4v) is 2.28. The summed E-state index contributed by atoms with van der Waals surface area (Å²) in [4.78, 5) is 26.1. The number of rotatable bonds is 4. The minimum Gasteiger partial charge on any atom is -0.465 e. The molecule has 0 radical (unpaired) electrons. The van der Waals surface area contributed by atoms with Crippen LogP contribution < -0.4 is 0 Å². The largest absolute Gasteiger partial charge is 0.465 e. The monoisotopic (exact) mass is 294 g/mol. The summed E-state index contributed by atoms with van der Waals surface area (Å²) in [6.07, 6.45) is -0.527. The summed E-state index contributed by atoms with van der Waals surface area (Å²) < 4.78 is 0. The van der Waals surface area contributed by atoms with Gasteiger partial charge < -0.3 is 20.0 Å². The molecule has 3 N–H and O–H groups in total. The van der Waals surface area contributed by atoms with E-state index in [2.05, 4.69) is 16.8 Å². The number of aliphatic hydroxyl groups is 1. The van der Waals surface area contributed by atoms with Crippen LogP contribution in [0, 0.1) is 0 Å². The van der Waals surface area contributed by atoms with Crippen molar-refractivity contribution in [3.63, 3.8) is 0 Å². The Hall–Kier alpha value is -2.35. The van der Waals surface area contributed by atoms with Crippen molar-refractivity contribution in [2.24, 2.45) is 0 Å². The number of likely N-dealkylation sites (N-methyl/N-ethyl adjacent to an activating group) is 1. The van der Waals surface area contributed by atoms with Gasteiger partial charge >= 0.3 is 6.09 Å². The minimum atomic E-state index is -1.01. The first-order valence-electron chi connectivity index (χ1n) is 6.51. The Morgan fingerprint density at radius 2 is 2.24 bits per heavy atom. The predicted molar refractivity (Wildman–Crippen MR) is 73.9 cm³/mol. The molecule has 8 nitrogen and oxygen atoms in total. The third-order valence-corrected chi connectivity index (χ3v) is 3.44. The van der Waals surface area contributed by atoms with E-state index in [1.54, 1.807) is 7.05 Å². The molecule has 2 rings (SSSR count). The van der Waals surface area contributed by atoms with Gasteiger partial charge in [0.05, 0.1) is 18.8 Å². The summed E-state index contributed by atoms with van der Waals surface area (Å²) in [5, 5.41) is 24.8. The van der Waals surface area contributed by atoms with Crippen LogP contribution in [0.25, 0.3) is 0 Å². The summed E-state index contributed by atoms with van der Waals surface area (Å²) in [6, 6.07) is 0. The number of aromatic amines is 1. The zero-order valence-electron chi connectivity index (χ0n) is 11.8. The van der Waals surface area contributed by atoms with Crippen LogP contribution in [0.3, 0.4) is 0 Å². The third kappa shape index (κ3) is 3.05. The number of hydrogen-bond donors (Lipinski definition) is 3. The van der Waals surface area contributed by atoms with E-state index in [9.17, 15) is 9.59 Å². The van der Waals surface area contributed by atoms with Gasteiger partial charge in [-0.3, -0.25) is 9.89 Å². The van der Waals surface area contributed by atoms with E-state index >= 15 is 0 Å². The number of aliphatic hydroxyl groups excluding tert-OH is 1. The van der Waals surface area contributed by atoms with Crippen molar-refractivity contribution in [1.29, 1.82) is 0 Å². The first-order chi connectivity index (χ1) is 9.93. The van der Waals surface area contributed by atoms with Crippen molar-refractivity contribution >= 4 is 12.0 Å². The molecule has 1 aromatic heterocycles. The summed E-state index contributed by atoms with van der Waals surface area (Å²) in [5.41, 5.74) is 2.16. The lowest BCUT2D eigenvalue weighted by atomic mass is 10.1. The zero-order chi connectivity index (χ0) is 15.6. The standard InChI is InChI=1S/C13H18N4O4/c1-8(7-18)5-16(2)12(19)11-9-6-17(13(20)21)4-3-10(9)14-15-11/h18H,1,3-7H2,2H3,(H,14,15)(H,20,21). The predicted octanol–water partition coefficient (Wildman–Crippen LogP) is 0.0663. The maximum Gasteiger partial charge on any atom is 0.407 e. The van der Waals surface area contributed by atoms with Crippen molar-refractivity contribution in [3.05, 3.63) is 29.1 Å². The first kappa shape index (κ1) is 15.0. The molecule has 1 aliphatic heterocycles. The second-order valence-corrected chi connectivity index (χ2v) is 5.05. The summed E-state index contributed by atoms with van der Waals surface area (Å²) in [6.45, 7) is 4.21. The van der Waals surface area contributed by atoms with Crippen LogP contribution in [-0.2, 0) is 13.0 Å². The molecule has 0 spiro atoms. The van der Waals surface area contributed by atoms with Gasteiger partial charge in [0.25, 0.3) is 5.91 Å². The Bertz CT molecular complexity index is 581. The number of amides is 2. The highest BCUT2D eigenvalue weighted by atomic mass is 16.4. The second-order valence-electron chi connectivity index (χ2n) is 5.05. The van der Waals surface area contributed by atoms with Crippen molar-refractivity contribution in [1.82, 2.24) is 20.0 Å². The molecule has 0 bridgehead atoms. The zero-order valence-corrected chi connectivity index (χ0v) is 11.8. The molecule has 0 atom stereocenters. The number of nitrogens with zero attached hydrogens (tertiary/aromatic N) is 3. The lowest BCUT2D eigenvalue weighted by Gasteiger charge is -2.24. The van der Waals surface area contributed by atoms with E-state index in [1.807, 2.05) is 0 Å². The van der Waals surface area contributed by atoms with Gasteiger partial charge in [-0.1, -0.05) is 6.58 Å². The number of H-pyrrole nitrogens is 1. The van der Waals surface area contributed by atoms with E-state index in [0.29, 0.717) is 29.8 Å². The van der Waals surface area contributed by atoms with Gasteiger partial charge in [-0.15, -0.1) is 0 Å². The highest BCUT2D eigenvalue weighted by Crippen LogP contribution is 2.21. The van der Waals surface area contributed by atoms with Crippen LogP contribution in [0.4, 0.5) is 4.79 Å². The second kappa shape index (κ2) is 5.96. The Morgan fingerprint density at radius 1 is 1.52 bits per heavy atom. The highest BCUT2D eigenvalue weighted by Gasteiger charge is 2.28. The van der Waals surface area contributed by atoms with Crippen LogP contribution >= 0.6 is 0 Å².